The molecule has 0 fully saturated rings. The Kier molecular flexibility index (Phi) is 4.35. The largest absolute Gasteiger partial charge is 0.434 e. The van der Waals surface area contributed by atoms with Crippen molar-refractivity contribution in [1.29, 1.82) is 0 Å². The van der Waals surface area contributed by atoms with E-state index in [4.69, 9.17) is 16.7 Å². The second-order valence-electron chi connectivity index (χ2n) is 3.87. The summed E-state index contributed by atoms with van der Waals surface area (Å²) < 4.78 is 29.0. The third kappa shape index (κ3) is 3.43. The summed E-state index contributed by atoms with van der Waals surface area (Å²) in [5.74, 6) is -0.0232. The van der Waals surface area contributed by atoms with Crippen molar-refractivity contribution < 1.29 is 18.6 Å². The summed E-state index contributed by atoms with van der Waals surface area (Å²) in [4.78, 5) is 0. The van der Waals surface area contributed by atoms with Gasteiger partial charge in [0, 0.05) is 10.6 Å². The molecule has 0 heterocycles. The molecule has 100 valence electrons. The summed E-state index contributed by atoms with van der Waals surface area (Å²) in [6.07, 6.45) is 0. The zero-order valence-corrected chi connectivity index (χ0v) is 10.6. The van der Waals surface area contributed by atoms with Crippen LogP contribution < -0.4 is 4.74 Å². The van der Waals surface area contributed by atoms with Crippen LogP contribution in [0.3, 0.4) is 0 Å². The summed E-state index contributed by atoms with van der Waals surface area (Å²) in [6.45, 7) is -3.28. The highest BCUT2D eigenvalue weighted by Gasteiger charge is 2.11. The molecule has 19 heavy (non-hydrogen) atoms. The maximum Gasteiger partial charge on any atom is 0.387 e. The van der Waals surface area contributed by atoms with Crippen molar-refractivity contribution in [2.45, 2.75) is 13.2 Å². The van der Waals surface area contributed by atoms with Gasteiger partial charge in [0.25, 0.3) is 0 Å². The van der Waals surface area contributed by atoms with E-state index >= 15 is 0 Å². The van der Waals surface area contributed by atoms with Gasteiger partial charge in [-0.1, -0.05) is 35.9 Å². The van der Waals surface area contributed by atoms with E-state index in [1.807, 2.05) is 0 Å². The van der Waals surface area contributed by atoms with E-state index in [2.05, 4.69) is 4.74 Å². The Balaban J connectivity index is 2.39. The van der Waals surface area contributed by atoms with Crippen LogP contribution in [-0.4, -0.2) is 11.7 Å². The lowest BCUT2D eigenvalue weighted by Crippen LogP contribution is -2.04. The van der Waals surface area contributed by atoms with E-state index in [-0.39, 0.29) is 12.4 Å². The normalized spacial score (nSPS) is 10.8. The van der Waals surface area contributed by atoms with Crippen molar-refractivity contribution in [3.8, 4) is 16.9 Å². The number of ether oxygens (including phenoxy) is 1. The molecule has 1 N–H and O–H groups in total. The molecule has 0 saturated carbocycles. The summed E-state index contributed by atoms with van der Waals surface area (Å²) >= 11 is 5.79. The van der Waals surface area contributed by atoms with Crippen molar-refractivity contribution in [2.75, 3.05) is 0 Å². The summed E-state index contributed by atoms with van der Waals surface area (Å²) in [5.41, 5.74) is 1.86. The quantitative estimate of drug-likeness (QED) is 0.916. The average Bonchev–Trinajstić information content (AvgIpc) is 2.39. The summed E-state index contributed by atoms with van der Waals surface area (Å²) in [7, 11) is 0. The van der Waals surface area contributed by atoms with Crippen molar-refractivity contribution in [2.24, 2.45) is 0 Å². The van der Waals surface area contributed by atoms with Crippen LogP contribution in [0.15, 0.2) is 42.5 Å². The van der Waals surface area contributed by atoms with Crippen LogP contribution in [0.4, 0.5) is 8.78 Å². The van der Waals surface area contributed by atoms with Gasteiger partial charge in [0.15, 0.2) is 0 Å². The van der Waals surface area contributed by atoms with Gasteiger partial charge in [-0.3, -0.25) is 0 Å². The van der Waals surface area contributed by atoms with Gasteiger partial charge in [0.05, 0.1) is 6.61 Å². The van der Waals surface area contributed by atoms with Crippen LogP contribution in [0.5, 0.6) is 5.75 Å². The molecule has 0 unspecified atom stereocenters. The first-order valence-electron chi connectivity index (χ1n) is 5.54. The minimum atomic E-state index is -2.93. The molecule has 0 aromatic heterocycles. The van der Waals surface area contributed by atoms with Crippen LogP contribution in [0.1, 0.15) is 5.56 Å². The van der Waals surface area contributed by atoms with Gasteiger partial charge in [-0.15, -0.1) is 0 Å². The third-order valence-electron chi connectivity index (χ3n) is 2.63. The Morgan fingerprint density at radius 1 is 1.05 bits per heavy atom. The molecule has 0 saturated heterocycles. The Hall–Kier alpha value is -1.65. The topological polar surface area (TPSA) is 29.5 Å². The fraction of sp³-hybridized carbons (Fsp3) is 0.143. The predicted octanol–water partition coefficient (Wildman–Crippen LogP) is 4.10. The van der Waals surface area contributed by atoms with Crippen LogP contribution >= 0.6 is 11.6 Å². The number of rotatable bonds is 4. The Morgan fingerprint density at radius 2 is 1.68 bits per heavy atom. The van der Waals surface area contributed by atoms with Gasteiger partial charge in [-0.25, -0.2) is 0 Å². The molecule has 0 aliphatic carbocycles. The molecule has 2 aromatic carbocycles. The highest BCUT2D eigenvalue weighted by atomic mass is 35.5. The minimum Gasteiger partial charge on any atom is -0.434 e. The van der Waals surface area contributed by atoms with Crippen LogP contribution in [0, 0.1) is 0 Å². The number of benzene rings is 2. The number of hydrogen-bond acceptors (Lipinski definition) is 2. The second-order valence-corrected chi connectivity index (χ2v) is 4.30. The Bertz CT molecular complexity index is 556. The molecule has 2 nitrogen and oxygen atoms in total. The monoisotopic (exact) mass is 284 g/mol. The number of aliphatic hydroxyl groups is 1. The molecular formula is C14H11ClF2O2. The van der Waals surface area contributed by atoms with E-state index < -0.39 is 6.61 Å². The highest BCUT2D eigenvalue weighted by Crippen LogP contribution is 2.29. The molecule has 0 atom stereocenters. The van der Waals surface area contributed by atoms with Crippen LogP contribution in [0.2, 0.25) is 5.02 Å². The van der Waals surface area contributed by atoms with Gasteiger partial charge in [-0.05, 0) is 29.3 Å². The van der Waals surface area contributed by atoms with Crippen molar-refractivity contribution >= 4 is 11.6 Å². The molecule has 0 radical (unpaired) electrons. The maximum atomic E-state index is 12.3. The first-order chi connectivity index (χ1) is 9.10. The number of hydrogen-bond donors (Lipinski definition) is 1. The van der Waals surface area contributed by atoms with Gasteiger partial charge in [-0.2, -0.15) is 8.78 Å². The van der Waals surface area contributed by atoms with Crippen molar-refractivity contribution in [3.05, 3.63) is 53.1 Å². The fourth-order valence-corrected chi connectivity index (χ4v) is 1.84. The lowest BCUT2D eigenvalue weighted by Gasteiger charge is -2.11. The lowest BCUT2D eigenvalue weighted by molar-refractivity contribution is -0.0509. The summed E-state index contributed by atoms with van der Waals surface area (Å²) in [6, 6.07) is 11.7. The maximum absolute atomic E-state index is 12.3. The summed E-state index contributed by atoms with van der Waals surface area (Å²) in [5, 5.41) is 9.68. The third-order valence-corrected chi connectivity index (χ3v) is 2.88. The SMILES string of the molecule is OCc1ccc(-c2ccc(Cl)cc2)cc1OC(F)F. The number of alkyl halides is 2. The molecular weight excluding hydrogens is 274 g/mol. The van der Waals surface area contributed by atoms with Crippen LogP contribution in [0.25, 0.3) is 11.1 Å². The number of halogens is 3. The lowest BCUT2D eigenvalue weighted by atomic mass is 10.0. The van der Waals surface area contributed by atoms with Gasteiger partial charge in [0.2, 0.25) is 0 Å². The molecule has 0 aliphatic rings. The molecule has 2 aromatic rings. The molecule has 0 aliphatic heterocycles. The standard InChI is InChI=1S/C14H11ClF2O2/c15-12-5-3-9(4-6-12)10-1-2-11(8-18)13(7-10)19-14(16)17/h1-7,14,18H,8H2. The second kappa shape index (κ2) is 5.99. The fourth-order valence-electron chi connectivity index (χ4n) is 1.71. The molecule has 0 spiro atoms. The Labute approximate surface area is 114 Å². The first kappa shape index (κ1) is 13.8. The zero-order chi connectivity index (χ0) is 13.8. The van der Waals surface area contributed by atoms with Gasteiger partial charge in [0.1, 0.15) is 5.75 Å². The van der Waals surface area contributed by atoms with E-state index in [1.54, 1.807) is 36.4 Å². The smallest absolute Gasteiger partial charge is 0.387 e. The highest BCUT2D eigenvalue weighted by molar-refractivity contribution is 6.30. The van der Waals surface area contributed by atoms with Gasteiger partial charge >= 0.3 is 6.61 Å². The van der Waals surface area contributed by atoms with Crippen molar-refractivity contribution in [1.82, 2.24) is 0 Å². The van der Waals surface area contributed by atoms with Crippen LogP contribution in [-0.2, 0) is 6.61 Å². The van der Waals surface area contributed by atoms with Gasteiger partial charge < -0.3 is 9.84 Å². The predicted molar refractivity (Wildman–Crippen MR) is 69.4 cm³/mol. The average molecular weight is 285 g/mol. The van der Waals surface area contributed by atoms with E-state index in [1.165, 1.54) is 6.07 Å². The zero-order valence-electron chi connectivity index (χ0n) is 9.82. The Morgan fingerprint density at radius 3 is 2.26 bits per heavy atom. The minimum absolute atomic E-state index is 0.0232. The van der Waals surface area contributed by atoms with E-state index in [0.29, 0.717) is 16.1 Å². The number of aliphatic hydroxyl groups excluding tert-OH is 1. The van der Waals surface area contributed by atoms with E-state index in [9.17, 15) is 8.78 Å². The van der Waals surface area contributed by atoms with Crippen molar-refractivity contribution in [3.63, 3.8) is 0 Å². The molecule has 0 bridgehead atoms. The first-order valence-corrected chi connectivity index (χ1v) is 5.92. The molecule has 0 amide bonds. The van der Waals surface area contributed by atoms with E-state index in [0.717, 1.165) is 5.56 Å². The molecule has 5 heteroatoms. The molecule has 2 rings (SSSR count).